The lowest BCUT2D eigenvalue weighted by molar-refractivity contribution is -0.765. The number of imidazole rings is 1. The SMILES string of the molecule is NC(=O)c1c[n+](C2OC(COP(=O)(O)OP(=O)(O)OCC3OC(n4cnc5c(N)ncnc54)C(O)C3O)C(O)C2O)ccc1C1CCCCC1=O. The molecule has 11 atom stereocenters. The number of phosphoric acid groups is 2. The number of phosphoric ester groups is 2. The molecule has 3 aromatic heterocycles. The van der Waals surface area contributed by atoms with Gasteiger partial charge in [0.05, 0.1) is 19.5 Å². The Kier molecular flexibility index (Phi) is 10.7. The van der Waals surface area contributed by atoms with Crippen molar-refractivity contribution in [3.05, 3.63) is 42.2 Å². The summed E-state index contributed by atoms with van der Waals surface area (Å²) in [6, 6.07) is 1.50. The molecule has 0 bridgehead atoms. The smallest absolute Gasteiger partial charge is 0.387 e. The standard InChI is InChI=1S/C27H35N7O15P2/c28-23-18-25(31-10-30-23)34(11-32-18)27-22(39)20(37)17(48-27)9-46-51(43,44)49-50(41,42)45-8-16-19(36)21(38)26(47-16)33-6-5-12(14(7-33)24(29)40)13-3-1-2-4-15(13)35/h5-7,10-11,13,16-17,19-22,26-27,36-39H,1-4,8-9H2,(H5-,28,29,30,31,40,41,42,43,44)/p+1. The number of aliphatic hydroxyl groups is 4. The number of anilines is 1. The van der Waals surface area contributed by atoms with Gasteiger partial charge in [-0.25, -0.2) is 24.1 Å². The molecule has 11 unspecified atom stereocenters. The first kappa shape index (κ1) is 37.4. The first-order valence-corrected chi connectivity index (χ1v) is 18.6. The molecule has 1 amide bonds. The quantitative estimate of drug-likeness (QED) is 0.0746. The fraction of sp³-hybridized carbons (Fsp3) is 0.556. The Morgan fingerprint density at radius 2 is 1.65 bits per heavy atom. The van der Waals surface area contributed by atoms with E-state index >= 15 is 0 Å². The Morgan fingerprint density at radius 3 is 2.31 bits per heavy atom. The zero-order chi connectivity index (χ0) is 36.8. The van der Waals surface area contributed by atoms with Crippen molar-refractivity contribution >= 4 is 44.3 Å². The number of rotatable bonds is 12. The summed E-state index contributed by atoms with van der Waals surface area (Å²) in [5.41, 5.74) is 12.1. The van der Waals surface area contributed by atoms with Gasteiger partial charge in [-0.3, -0.25) is 23.2 Å². The monoisotopic (exact) mass is 760 g/mol. The molecule has 22 nitrogen and oxygen atoms in total. The summed E-state index contributed by atoms with van der Waals surface area (Å²) in [6.07, 6.45) is -4.74. The van der Waals surface area contributed by atoms with Crippen molar-refractivity contribution in [1.82, 2.24) is 19.5 Å². The topological polar surface area (TPSA) is 335 Å². The molecular formula is C27H36N7O15P2+. The maximum absolute atomic E-state index is 12.6. The number of amides is 1. The highest BCUT2D eigenvalue weighted by Crippen LogP contribution is 2.60. The molecule has 3 aliphatic rings. The molecule has 51 heavy (non-hydrogen) atoms. The number of nitrogens with two attached hydrogens (primary N) is 2. The number of Topliss-reactive ketones (excluding diaryl/α,β-unsaturated/α-hetero) is 1. The first-order valence-electron chi connectivity index (χ1n) is 15.6. The Bertz CT molecular complexity index is 1900. The van der Waals surface area contributed by atoms with Crippen LogP contribution in [0.25, 0.3) is 11.2 Å². The van der Waals surface area contributed by atoms with Crippen molar-refractivity contribution in [2.24, 2.45) is 5.73 Å². The Morgan fingerprint density at radius 1 is 0.980 bits per heavy atom. The number of pyridine rings is 1. The molecule has 0 radical (unpaired) electrons. The molecule has 3 aromatic rings. The molecule has 5 heterocycles. The van der Waals surface area contributed by atoms with E-state index in [-0.39, 0.29) is 28.3 Å². The third kappa shape index (κ3) is 7.74. The predicted octanol–water partition coefficient (Wildman–Crippen LogP) is -1.79. The molecule has 278 valence electrons. The maximum Gasteiger partial charge on any atom is 0.481 e. The highest BCUT2D eigenvalue weighted by atomic mass is 31.3. The van der Waals surface area contributed by atoms with Crippen LogP contribution in [0.2, 0.25) is 0 Å². The average Bonchev–Trinajstić information content (AvgIpc) is 3.72. The van der Waals surface area contributed by atoms with Crippen molar-refractivity contribution in [2.45, 2.75) is 80.7 Å². The fourth-order valence-corrected chi connectivity index (χ4v) is 8.37. The predicted molar refractivity (Wildman–Crippen MR) is 166 cm³/mol. The summed E-state index contributed by atoms with van der Waals surface area (Å²) in [7, 11) is -10.8. The van der Waals surface area contributed by atoms with Gasteiger partial charge in [0.25, 0.3) is 12.1 Å². The molecule has 1 saturated carbocycles. The van der Waals surface area contributed by atoms with E-state index in [1.54, 1.807) is 0 Å². The van der Waals surface area contributed by atoms with E-state index in [4.69, 9.17) is 30.0 Å². The minimum atomic E-state index is -5.43. The van der Waals surface area contributed by atoms with Gasteiger partial charge in [0.1, 0.15) is 53.7 Å². The highest BCUT2D eigenvalue weighted by molar-refractivity contribution is 7.61. The lowest BCUT2D eigenvalue weighted by atomic mass is 9.81. The zero-order valence-electron chi connectivity index (χ0n) is 26.5. The number of aliphatic hydroxyl groups excluding tert-OH is 4. The van der Waals surface area contributed by atoms with Crippen LogP contribution in [-0.4, -0.2) is 111 Å². The molecule has 2 aliphatic heterocycles. The fourth-order valence-electron chi connectivity index (χ4n) is 6.28. The number of carbonyl (C=O) groups excluding carboxylic acids is 2. The van der Waals surface area contributed by atoms with Crippen LogP contribution in [0.5, 0.6) is 0 Å². The molecule has 10 N–H and O–H groups in total. The third-order valence-corrected chi connectivity index (χ3v) is 11.5. The van der Waals surface area contributed by atoms with E-state index in [1.165, 1.54) is 33.9 Å². The molecule has 6 rings (SSSR count). The zero-order valence-corrected chi connectivity index (χ0v) is 28.3. The number of carbonyl (C=O) groups is 2. The van der Waals surface area contributed by atoms with Crippen LogP contribution < -0.4 is 16.0 Å². The van der Waals surface area contributed by atoms with E-state index in [9.17, 15) is 48.9 Å². The van der Waals surface area contributed by atoms with Crippen LogP contribution in [-0.2, 0) is 36.8 Å². The van der Waals surface area contributed by atoms with Gasteiger partial charge in [-0.1, -0.05) is 6.42 Å². The second-order valence-corrected chi connectivity index (χ2v) is 15.2. The second-order valence-electron chi connectivity index (χ2n) is 12.2. The summed E-state index contributed by atoms with van der Waals surface area (Å²) in [5.74, 6) is -1.35. The maximum atomic E-state index is 12.6. The van der Waals surface area contributed by atoms with Gasteiger partial charge in [-0.05, 0) is 18.4 Å². The van der Waals surface area contributed by atoms with Crippen molar-refractivity contribution in [2.75, 3.05) is 18.9 Å². The summed E-state index contributed by atoms with van der Waals surface area (Å²) in [5, 5.41) is 42.3. The Balaban J connectivity index is 1.05. The Hall–Kier alpha value is -3.34. The van der Waals surface area contributed by atoms with Gasteiger partial charge < -0.3 is 51.2 Å². The highest BCUT2D eigenvalue weighted by Gasteiger charge is 2.50. The normalized spacial score (nSPS) is 32.2. The van der Waals surface area contributed by atoms with E-state index in [0.717, 1.165) is 19.2 Å². The van der Waals surface area contributed by atoms with Gasteiger partial charge in [-0.2, -0.15) is 8.88 Å². The van der Waals surface area contributed by atoms with E-state index in [0.29, 0.717) is 18.4 Å². The molecule has 0 spiro atoms. The summed E-state index contributed by atoms with van der Waals surface area (Å²) >= 11 is 0. The van der Waals surface area contributed by atoms with Crippen molar-refractivity contribution in [3.8, 4) is 0 Å². The summed E-state index contributed by atoms with van der Waals surface area (Å²) in [6.45, 7) is -1.85. The van der Waals surface area contributed by atoms with Crippen LogP contribution in [0.3, 0.4) is 0 Å². The van der Waals surface area contributed by atoms with Crippen molar-refractivity contribution < 1.29 is 76.3 Å². The molecule has 2 saturated heterocycles. The third-order valence-electron chi connectivity index (χ3n) is 8.85. The number of fused-ring (bicyclic) bond motifs is 1. The minimum absolute atomic E-state index is 0.00483. The van der Waals surface area contributed by atoms with E-state index in [1.807, 2.05) is 0 Å². The summed E-state index contributed by atoms with van der Waals surface area (Å²) in [4.78, 5) is 57.0. The number of hydrogen-bond acceptors (Lipinski definition) is 17. The lowest BCUT2D eigenvalue weighted by Crippen LogP contribution is -2.47. The van der Waals surface area contributed by atoms with Crippen molar-refractivity contribution in [1.29, 1.82) is 0 Å². The largest absolute Gasteiger partial charge is 0.481 e. The average molecular weight is 761 g/mol. The minimum Gasteiger partial charge on any atom is -0.387 e. The van der Waals surface area contributed by atoms with Crippen LogP contribution >= 0.6 is 15.6 Å². The molecule has 24 heteroatoms. The number of nitrogens with zero attached hydrogens (tertiary/aromatic N) is 5. The van der Waals surface area contributed by atoms with Gasteiger partial charge in [0, 0.05) is 18.4 Å². The van der Waals surface area contributed by atoms with Gasteiger partial charge in [0.15, 0.2) is 36.2 Å². The number of hydrogen-bond donors (Lipinski definition) is 8. The van der Waals surface area contributed by atoms with Crippen LogP contribution in [0.4, 0.5) is 5.82 Å². The van der Waals surface area contributed by atoms with Gasteiger partial charge in [0.2, 0.25) is 0 Å². The van der Waals surface area contributed by atoms with Crippen LogP contribution in [0.1, 0.15) is 60.0 Å². The second kappa shape index (κ2) is 14.6. The first-order chi connectivity index (χ1) is 24.1. The van der Waals surface area contributed by atoms with E-state index < -0.39 is 89.8 Å². The molecular weight excluding hydrogens is 724 g/mol. The Labute approximate surface area is 287 Å². The number of ketones is 1. The number of primary amides is 1. The number of aromatic nitrogens is 5. The summed E-state index contributed by atoms with van der Waals surface area (Å²) < 4.78 is 52.7. The number of nitrogen functional groups attached to an aromatic ring is 1. The van der Waals surface area contributed by atoms with Crippen LogP contribution in [0.15, 0.2) is 31.1 Å². The number of ether oxygens (including phenoxy) is 2. The molecule has 1 aliphatic carbocycles. The van der Waals surface area contributed by atoms with E-state index in [2.05, 4.69) is 19.3 Å². The molecule has 0 aromatic carbocycles. The lowest BCUT2D eigenvalue weighted by Gasteiger charge is -2.22. The van der Waals surface area contributed by atoms with Gasteiger partial charge in [-0.15, -0.1) is 0 Å². The van der Waals surface area contributed by atoms with Crippen molar-refractivity contribution in [3.63, 3.8) is 0 Å². The molecule has 3 fully saturated rings. The van der Waals surface area contributed by atoms with Crippen LogP contribution in [0, 0.1) is 0 Å². The van der Waals surface area contributed by atoms with Gasteiger partial charge >= 0.3 is 15.6 Å².